The minimum Gasteiger partial charge on any atom is -0.494 e. The van der Waals surface area contributed by atoms with Crippen LogP contribution in [0.4, 0.5) is 5.69 Å². The van der Waals surface area contributed by atoms with Gasteiger partial charge in [-0.1, -0.05) is 0 Å². The van der Waals surface area contributed by atoms with E-state index in [1.807, 2.05) is 32.0 Å². The van der Waals surface area contributed by atoms with Gasteiger partial charge in [-0.25, -0.2) is 0 Å². The highest BCUT2D eigenvalue weighted by Crippen LogP contribution is 2.29. The van der Waals surface area contributed by atoms with Crippen LogP contribution in [0.3, 0.4) is 0 Å². The Kier molecular flexibility index (Phi) is 6.74. The minimum atomic E-state index is 0.00155. The molecule has 1 unspecified atom stereocenters. The van der Waals surface area contributed by atoms with Crippen molar-refractivity contribution >= 4 is 11.6 Å². The van der Waals surface area contributed by atoms with Crippen molar-refractivity contribution in [3.05, 3.63) is 18.2 Å². The number of carbonyl (C=O) groups is 1. The van der Waals surface area contributed by atoms with E-state index < -0.39 is 0 Å². The van der Waals surface area contributed by atoms with Gasteiger partial charge in [0.25, 0.3) is 0 Å². The summed E-state index contributed by atoms with van der Waals surface area (Å²) in [7, 11) is 0. The summed E-state index contributed by atoms with van der Waals surface area (Å²) in [5, 5.41) is 3.01. The van der Waals surface area contributed by atoms with E-state index in [9.17, 15) is 4.79 Å². The third-order valence-corrected chi connectivity index (χ3v) is 5.11. The van der Waals surface area contributed by atoms with Gasteiger partial charge in [-0.05, 0) is 58.3 Å². The molecule has 6 heteroatoms. The number of hydrogen-bond donors (Lipinski definition) is 1. The van der Waals surface area contributed by atoms with Crippen LogP contribution in [0.15, 0.2) is 18.2 Å². The Labute approximate surface area is 156 Å². The van der Waals surface area contributed by atoms with E-state index in [1.165, 1.54) is 25.9 Å². The van der Waals surface area contributed by atoms with Crippen molar-refractivity contribution < 1.29 is 14.3 Å². The Morgan fingerprint density at radius 1 is 1.15 bits per heavy atom. The molecule has 144 valence electrons. The number of ether oxygens (including phenoxy) is 2. The Balaban J connectivity index is 1.56. The van der Waals surface area contributed by atoms with E-state index in [-0.39, 0.29) is 5.91 Å². The van der Waals surface area contributed by atoms with Crippen LogP contribution >= 0.6 is 0 Å². The van der Waals surface area contributed by atoms with Gasteiger partial charge in [-0.2, -0.15) is 0 Å². The van der Waals surface area contributed by atoms with Crippen LogP contribution in [0.25, 0.3) is 0 Å². The van der Waals surface area contributed by atoms with Crippen LogP contribution in [0.2, 0.25) is 0 Å². The van der Waals surface area contributed by atoms with E-state index in [4.69, 9.17) is 9.47 Å². The third-order valence-electron chi connectivity index (χ3n) is 5.11. The monoisotopic (exact) mass is 361 g/mol. The van der Waals surface area contributed by atoms with Gasteiger partial charge in [-0.3, -0.25) is 14.6 Å². The summed E-state index contributed by atoms with van der Waals surface area (Å²) in [5.74, 6) is 1.42. The van der Waals surface area contributed by atoms with E-state index in [0.717, 1.165) is 25.3 Å². The Bertz CT molecular complexity index is 602. The zero-order valence-electron chi connectivity index (χ0n) is 16.0. The molecule has 0 bridgehead atoms. The average Bonchev–Trinajstić information content (AvgIpc) is 3.29. The fraction of sp³-hybridized carbons (Fsp3) is 0.650. The first-order chi connectivity index (χ1) is 12.7. The molecule has 0 aromatic heterocycles. The van der Waals surface area contributed by atoms with Gasteiger partial charge < -0.3 is 14.8 Å². The average molecular weight is 361 g/mol. The van der Waals surface area contributed by atoms with Gasteiger partial charge in [-0.15, -0.1) is 0 Å². The fourth-order valence-electron chi connectivity index (χ4n) is 3.90. The van der Waals surface area contributed by atoms with Crippen molar-refractivity contribution in [1.29, 1.82) is 0 Å². The lowest BCUT2D eigenvalue weighted by molar-refractivity contribution is -0.117. The van der Waals surface area contributed by atoms with Crippen molar-refractivity contribution in [1.82, 2.24) is 9.80 Å². The van der Waals surface area contributed by atoms with Crippen molar-refractivity contribution in [3.8, 4) is 11.5 Å². The molecule has 2 aliphatic rings. The van der Waals surface area contributed by atoms with E-state index in [0.29, 0.717) is 37.2 Å². The number of amides is 1. The van der Waals surface area contributed by atoms with Crippen LogP contribution in [0.5, 0.6) is 11.5 Å². The predicted octanol–water partition coefficient (Wildman–Crippen LogP) is 2.59. The van der Waals surface area contributed by atoms with E-state index in [2.05, 4.69) is 15.1 Å². The molecule has 1 aromatic carbocycles. The zero-order chi connectivity index (χ0) is 18.4. The molecule has 0 aliphatic carbocycles. The van der Waals surface area contributed by atoms with Crippen LogP contribution < -0.4 is 14.8 Å². The highest BCUT2D eigenvalue weighted by molar-refractivity contribution is 5.94. The van der Waals surface area contributed by atoms with Crippen LogP contribution in [0, 0.1) is 0 Å². The first-order valence-electron chi connectivity index (χ1n) is 9.85. The molecular formula is C20H31N3O3. The summed E-state index contributed by atoms with van der Waals surface area (Å²) < 4.78 is 11.2. The maximum absolute atomic E-state index is 12.6. The Morgan fingerprint density at radius 2 is 1.92 bits per heavy atom. The van der Waals surface area contributed by atoms with E-state index in [1.54, 1.807) is 0 Å². The molecule has 6 nitrogen and oxygen atoms in total. The highest BCUT2D eigenvalue weighted by Gasteiger charge is 2.30. The molecule has 2 fully saturated rings. The number of nitrogens with zero attached hydrogens (tertiary/aromatic N) is 2. The third kappa shape index (κ3) is 4.89. The number of hydrogen-bond acceptors (Lipinski definition) is 5. The number of rotatable bonds is 8. The van der Waals surface area contributed by atoms with Gasteiger partial charge >= 0.3 is 0 Å². The number of likely N-dealkylation sites (tertiary alicyclic amines) is 2. The van der Waals surface area contributed by atoms with Gasteiger partial charge in [0, 0.05) is 25.2 Å². The van der Waals surface area contributed by atoms with Gasteiger partial charge in [0.1, 0.15) is 11.5 Å². The highest BCUT2D eigenvalue weighted by atomic mass is 16.5. The molecule has 26 heavy (non-hydrogen) atoms. The largest absolute Gasteiger partial charge is 0.494 e. The molecule has 0 saturated carbocycles. The first kappa shape index (κ1) is 19.0. The van der Waals surface area contributed by atoms with Crippen LogP contribution in [-0.4, -0.2) is 67.7 Å². The molecule has 2 aliphatic heterocycles. The van der Waals surface area contributed by atoms with Crippen LogP contribution in [-0.2, 0) is 4.79 Å². The molecule has 1 aromatic rings. The molecule has 0 spiro atoms. The van der Waals surface area contributed by atoms with Gasteiger partial charge in [0.15, 0.2) is 0 Å². The number of benzene rings is 1. The minimum absolute atomic E-state index is 0.00155. The summed E-state index contributed by atoms with van der Waals surface area (Å²) in [5.41, 5.74) is 0.679. The summed E-state index contributed by atoms with van der Waals surface area (Å²) in [6, 6.07) is 6.17. The normalized spacial score (nSPS) is 21.1. The van der Waals surface area contributed by atoms with Crippen molar-refractivity contribution in [2.45, 2.75) is 39.2 Å². The summed E-state index contributed by atoms with van der Waals surface area (Å²) in [4.78, 5) is 17.4. The number of nitrogens with one attached hydrogen (secondary N) is 1. The molecule has 0 radical (unpaired) electrons. The SMILES string of the molecule is CCOc1ccc(OCC)c(NC(=O)CN2CCC(N3CCCC3)C2)c1. The number of carbonyl (C=O) groups excluding carboxylic acids is 1. The molecule has 1 atom stereocenters. The topological polar surface area (TPSA) is 54.0 Å². The lowest BCUT2D eigenvalue weighted by Crippen LogP contribution is -2.37. The second-order valence-electron chi connectivity index (χ2n) is 6.99. The molecule has 1 amide bonds. The number of anilines is 1. The fourth-order valence-corrected chi connectivity index (χ4v) is 3.90. The second kappa shape index (κ2) is 9.24. The molecule has 1 N–H and O–H groups in total. The first-order valence-corrected chi connectivity index (χ1v) is 9.85. The van der Waals surface area contributed by atoms with Crippen molar-refractivity contribution in [2.24, 2.45) is 0 Å². The van der Waals surface area contributed by atoms with Crippen molar-refractivity contribution in [3.63, 3.8) is 0 Å². The molecule has 3 rings (SSSR count). The smallest absolute Gasteiger partial charge is 0.238 e. The quantitative estimate of drug-likeness (QED) is 0.771. The van der Waals surface area contributed by atoms with Gasteiger partial charge in [0.05, 0.1) is 25.4 Å². The standard InChI is InChI=1S/C20H31N3O3/c1-3-25-17-7-8-19(26-4-2)18(13-17)21-20(24)15-22-12-9-16(14-22)23-10-5-6-11-23/h7-8,13,16H,3-6,9-12,14-15H2,1-2H3,(H,21,24). The maximum Gasteiger partial charge on any atom is 0.238 e. The lowest BCUT2D eigenvalue weighted by atomic mass is 10.2. The van der Waals surface area contributed by atoms with E-state index >= 15 is 0 Å². The molecule has 2 saturated heterocycles. The maximum atomic E-state index is 12.6. The second-order valence-corrected chi connectivity index (χ2v) is 6.99. The predicted molar refractivity (Wildman–Crippen MR) is 103 cm³/mol. The summed E-state index contributed by atoms with van der Waals surface area (Å²) in [6.07, 6.45) is 3.79. The molecular weight excluding hydrogens is 330 g/mol. The summed E-state index contributed by atoms with van der Waals surface area (Å²) >= 11 is 0. The summed E-state index contributed by atoms with van der Waals surface area (Å²) in [6.45, 7) is 9.86. The Hall–Kier alpha value is -1.79. The van der Waals surface area contributed by atoms with Gasteiger partial charge in [0.2, 0.25) is 5.91 Å². The Morgan fingerprint density at radius 3 is 2.65 bits per heavy atom. The lowest BCUT2D eigenvalue weighted by Gasteiger charge is -2.23. The van der Waals surface area contributed by atoms with Crippen LogP contribution in [0.1, 0.15) is 33.1 Å². The molecule has 2 heterocycles. The van der Waals surface area contributed by atoms with Crippen molar-refractivity contribution in [2.75, 3.05) is 51.3 Å². The zero-order valence-corrected chi connectivity index (χ0v) is 16.0.